The van der Waals surface area contributed by atoms with Crippen LogP contribution in [0.15, 0.2) is 0 Å². The van der Waals surface area contributed by atoms with Gasteiger partial charge in [-0.15, -0.1) is 0 Å². The number of hydrogen-bond acceptors (Lipinski definition) is 4. The number of benzene rings is 1. The predicted molar refractivity (Wildman–Crippen MR) is 83.1 cm³/mol. The zero-order valence-electron chi connectivity index (χ0n) is 17.6. The van der Waals surface area contributed by atoms with Crippen molar-refractivity contribution < 1.29 is 105 Å². The highest BCUT2D eigenvalue weighted by molar-refractivity contribution is 6.75. The Morgan fingerprint density at radius 3 is 1.02 bits per heavy atom. The van der Waals surface area contributed by atoms with Crippen LogP contribution in [0.5, 0.6) is 0 Å². The fourth-order valence-corrected chi connectivity index (χ4v) is 4.79. The molecule has 26 heteroatoms. The van der Waals surface area contributed by atoms with Crippen LogP contribution in [0.25, 0.3) is 10.9 Å². The summed E-state index contributed by atoms with van der Waals surface area (Å²) in [4.78, 5) is 1.82. The number of aromatic nitrogens is 1. The minimum Gasteiger partial charge on any atom is -0.301 e. The molecule has 2 rings (SSSR count). The van der Waals surface area contributed by atoms with Crippen molar-refractivity contribution >= 4 is 25.0 Å². The van der Waals surface area contributed by atoms with Crippen molar-refractivity contribution in [3.8, 4) is 0 Å². The largest absolute Gasteiger partial charge is 0.573 e. The molecule has 0 atom stereocenters. The lowest BCUT2D eigenvalue weighted by molar-refractivity contribution is -0.419. The molecule has 4 nitrogen and oxygen atoms in total. The number of hydrogen-bond donors (Lipinski definition) is 0. The van der Waals surface area contributed by atoms with Gasteiger partial charge in [0.15, 0.2) is 40.2 Å². The number of pyridine rings is 1. The third-order valence-electron chi connectivity index (χ3n) is 4.15. The number of rotatable bonds is 7. The summed E-state index contributed by atoms with van der Waals surface area (Å²) in [7, 11) is -9.31. The Hall–Kier alpha value is -2.74. The van der Waals surface area contributed by atoms with Gasteiger partial charge in [-0.25, -0.2) is 31.3 Å². The molecule has 0 N–H and O–H groups in total. The molecule has 0 radical (unpaired) electrons. The first kappa shape index (κ1) is 34.5. The topological polar surface area (TPSA) is 40.6 Å². The van der Waals surface area contributed by atoms with Crippen LogP contribution in [-0.4, -0.2) is 50.6 Å². The first-order valence-electron chi connectivity index (χ1n) is 8.89. The van der Waals surface area contributed by atoms with Gasteiger partial charge in [-0.1, -0.05) is 0 Å². The van der Waals surface area contributed by atoms with E-state index in [1.807, 2.05) is 4.98 Å². The molecule has 0 amide bonds. The van der Waals surface area contributed by atoms with E-state index in [0.717, 1.165) is 0 Å². The SMILES string of the molecule is Fc1c(F)c(F)c2c(F)c(F)c([Si](OC(F)(F)C(F)(F)F)(OC(F)(F)C(F)(F)F)OC(F)(F)C(F)(F)F)nc2c1F. The second-order valence-electron chi connectivity index (χ2n) is 6.97. The van der Waals surface area contributed by atoms with Gasteiger partial charge in [0.05, 0.1) is 5.39 Å². The van der Waals surface area contributed by atoms with Crippen LogP contribution in [0.4, 0.5) is 92.2 Å². The lowest BCUT2D eigenvalue weighted by atomic mass is 10.1. The molecule has 1 aromatic carbocycles. The van der Waals surface area contributed by atoms with Crippen molar-refractivity contribution in [1.29, 1.82) is 0 Å². The Morgan fingerprint density at radius 1 is 0.415 bits per heavy atom. The van der Waals surface area contributed by atoms with E-state index in [4.69, 9.17) is 0 Å². The first-order valence-corrected chi connectivity index (χ1v) is 10.6. The smallest absolute Gasteiger partial charge is 0.301 e. The van der Waals surface area contributed by atoms with Crippen LogP contribution < -0.4 is 5.32 Å². The molecule has 1 heterocycles. The summed E-state index contributed by atoms with van der Waals surface area (Å²) in [5.41, 5.74) is -2.83. The molecule has 234 valence electrons. The number of alkyl halides is 15. The minimum atomic E-state index is -9.31. The van der Waals surface area contributed by atoms with Crippen LogP contribution in [-0.2, 0) is 13.3 Å². The predicted octanol–water partition coefficient (Wildman–Crippen LogP) is 6.73. The summed E-state index contributed by atoms with van der Waals surface area (Å²) in [5.74, 6) is -20.0. The maximum atomic E-state index is 14.7. The molecule has 0 saturated carbocycles. The second kappa shape index (κ2) is 9.92. The van der Waals surface area contributed by atoms with Gasteiger partial charge >= 0.3 is 45.7 Å². The Morgan fingerprint density at radius 2 is 0.707 bits per heavy atom. The summed E-state index contributed by atoms with van der Waals surface area (Å²) in [6.07, 6.45) is -45.3. The Bertz CT molecular complexity index is 1260. The van der Waals surface area contributed by atoms with Crippen LogP contribution in [0, 0.1) is 34.9 Å². The maximum Gasteiger partial charge on any atom is 0.573 e. The highest BCUT2D eigenvalue weighted by Gasteiger charge is 2.77. The molecular formula is C15F21NO3Si. The molecule has 0 saturated heterocycles. The van der Waals surface area contributed by atoms with Gasteiger partial charge in [0.25, 0.3) is 0 Å². The highest BCUT2D eigenvalue weighted by atomic mass is 28.4. The Balaban J connectivity index is 3.25. The van der Waals surface area contributed by atoms with Gasteiger partial charge in [-0.2, -0.15) is 65.9 Å². The number of nitrogens with zero attached hydrogens (tertiary/aromatic N) is 1. The van der Waals surface area contributed by atoms with Crippen LogP contribution in [0.2, 0.25) is 0 Å². The number of fused-ring (bicyclic) bond motifs is 1. The van der Waals surface area contributed by atoms with Gasteiger partial charge in [-0.05, 0) is 0 Å². The molecule has 41 heavy (non-hydrogen) atoms. The number of halogens is 21. The molecule has 0 unspecified atom stereocenters. The molecule has 0 fully saturated rings. The average Bonchev–Trinajstić information content (AvgIpc) is 2.74. The summed E-state index contributed by atoms with van der Waals surface area (Å²) in [6.45, 7) is 0. The normalized spacial score (nSPS) is 14.8. The van der Waals surface area contributed by atoms with Crippen molar-refractivity contribution in [2.45, 2.75) is 36.9 Å². The van der Waals surface area contributed by atoms with Gasteiger partial charge in [0.1, 0.15) is 5.52 Å². The van der Waals surface area contributed by atoms with Crippen molar-refractivity contribution in [2.75, 3.05) is 0 Å². The summed E-state index contributed by atoms with van der Waals surface area (Å²) < 4.78 is 287. The third kappa shape index (κ3) is 5.95. The summed E-state index contributed by atoms with van der Waals surface area (Å²) in [6, 6.07) is 0. The van der Waals surface area contributed by atoms with Crippen molar-refractivity contribution in [3.63, 3.8) is 0 Å². The Labute approximate surface area is 208 Å². The van der Waals surface area contributed by atoms with Gasteiger partial charge < -0.3 is 13.3 Å². The standard InChI is InChI=1S/C15F21NO3Si/c16-2-1-3(17)7(21)9(37-8(1)6(20)5(19)4(2)18)41(38-13(31,32)10(22,23)24,39-14(33,34)11(25,26)27)40-15(35,36)12(28,29)30. The molecule has 0 aliphatic rings. The third-order valence-corrected chi connectivity index (χ3v) is 6.64. The molecule has 0 aliphatic carbocycles. The molecule has 0 aliphatic heterocycles. The molecule has 2 aromatic rings. The maximum absolute atomic E-state index is 14.7. The van der Waals surface area contributed by atoms with Crippen molar-refractivity contribution in [2.24, 2.45) is 0 Å². The van der Waals surface area contributed by atoms with Crippen LogP contribution in [0.1, 0.15) is 0 Å². The van der Waals surface area contributed by atoms with E-state index >= 15 is 0 Å². The fourth-order valence-electron chi connectivity index (χ4n) is 2.39. The van der Waals surface area contributed by atoms with E-state index < -0.39 is 96.8 Å². The lowest BCUT2D eigenvalue weighted by Crippen LogP contribution is -2.70. The molecule has 0 bridgehead atoms. The van der Waals surface area contributed by atoms with E-state index in [2.05, 4.69) is 13.3 Å². The lowest BCUT2D eigenvalue weighted by Gasteiger charge is -2.37. The monoisotopic (exact) mass is 669 g/mol. The Kier molecular flexibility index (Phi) is 8.34. The average molecular weight is 669 g/mol. The first-order chi connectivity index (χ1) is 17.9. The van der Waals surface area contributed by atoms with Gasteiger partial charge in [0, 0.05) is 0 Å². The van der Waals surface area contributed by atoms with Crippen LogP contribution >= 0.6 is 0 Å². The molecule has 0 spiro atoms. The highest BCUT2D eigenvalue weighted by Crippen LogP contribution is 2.47. The van der Waals surface area contributed by atoms with E-state index in [1.54, 1.807) is 0 Å². The van der Waals surface area contributed by atoms with Crippen LogP contribution in [0.3, 0.4) is 0 Å². The van der Waals surface area contributed by atoms with E-state index in [0.29, 0.717) is 0 Å². The molecule has 1 aromatic heterocycles. The van der Waals surface area contributed by atoms with Crippen molar-refractivity contribution in [1.82, 2.24) is 4.98 Å². The van der Waals surface area contributed by atoms with E-state index in [-0.39, 0.29) is 0 Å². The van der Waals surface area contributed by atoms with Gasteiger partial charge in [-0.3, -0.25) is 0 Å². The fraction of sp³-hybridized carbons (Fsp3) is 0.400. The second-order valence-corrected chi connectivity index (χ2v) is 9.17. The quantitative estimate of drug-likeness (QED) is 0.142. The van der Waals surface area contributed by atoms with Gasteiger partial charge in [0.2, 0.25) is 0 Å². The minimum absolute atomic E-state index is 1.82. The summed E-state index contributed by atoms with van der Waals surface area (Å²) >= 11 is 0. The van der Waals surface area contributed by atoms with E-state index in [9.17, 15) is 92.2 Å². The van der Waals surface area contributed by atoms with E-state index in [1.165, 1.54) is 0 Å². The zero-order chi connectivity index (χ0) is 32.5. The zero-order valence-corrected chi connectivity index (χ0v) is 18.6. The summed E-state index contributed by atoms with van der Waals surface area (Å²) in [5, 5.41) is -6.54. The molecular weight excluding hydrogens is 669 g/mol. The van der Waals surface area contributed by atoms with Crippen molar-refractivity contribution in [3.05, 3.63) is 34.9 Å².